The van der Waals surface area contributed by atoms with Gasteiger partial charge in [0, 0.05) is 12.5 Å². The molecule has 4 aliphatic rings. The van der Waals surface area contributed by atoms with Gasteiger partial charge in [0.1, 0.15) is 11.5 Å². The van der Waals surface area contributed by atoms with E-state index in [9.17, 15) is 4.79 Å². The second-order valence-electron chi connectivity index (χ2n) is 9.43. The van der Waals surface area contributed by atoms with Gasteiger partial charge in [0.2, 0.25) is 5.91 Å². The highest BCUT2D eigenvalue weighted by molar-refractivity contribution is 5.76. The van der Waals surface area contributed by atoms with Gasteiger partial charge < -0.3 is 14.8 Å². The molecule has 4 heteroatoms. The Kier molecular flexibility index (Phi) is 5.84. The number of carbonyl (C=O) groups excluding carboxylic acids is 1. The summed E-state index contributed by atoms with van der Waals surface area (Å²) in [5.41, 5.74) is 0.378. The summed E-state index contributed by atoms with van der Waals surface area (Å²) in [7, 11) is 0. The summed E-state index contributed by atoms with van der Waals surface area (Å²) >= 11 is 0. The van der Waals surface area contributed by atoms with Gasteiger partial charge in [0.25, 0.3) is 0 Å². The molecule has 5 rings (SSSR count). The highest BCUT2D eigenvalue weighted by Crippen LogP contribution is 2.61. The number of ether oxygens (including phenoxy) is 2. The van der Waals surface area contributed by atoms with E-state index in [2.05, 4.69) is 12.2 Å². The molecule has 28 heavy (non-hydrogen) atoms. The maximum Gasteiger partial charge on any atom is 0.220 e. The van der Waals surface area contributed by atoms with Crippen LogP contribution in [0.3, 0.4) is 0 Å². The Balaban J connectivity index is 1.18. The average Bonchev–Trinajstić information content (AvgIpc) is 2.66. The number of hydrogen-bond acceptors (Lipinski definition) is 3. The van der Waals surface area contributed by atoms with Crippen LogP contribution in [0.2, 0.25) is 0 Å². The van der Waals surface area contributed by atoms with Gasteiger partial charge in [-0.1, -0.05) is 0 Å². The third-order valence-electron chi connectivity index (χ3n) is 7.33. The lowest BCUT2D eigenvalue weighted by atomic mass is 9.48. The lowest BCUT2D eigenvalue weighted by molar-refractivity contribution is -0.126. The minimum Gasteiger partial charge on any atom is -0.494 e. The minimum atomic E-state index is 0.179. The van der Waals surface area contributed by atoms with Gasteiger partial charge in [-0.25, -0.2) is 0 Å². The van der Waals surface area contributed by atoms with Crippen molar-refractivity contribution in [3.63, 3.8) is 0 Å². The molecule has 4 bridgehead atoms. The van der Waals surface area contributed by atoms with Gasteiger partial charge >= 0.3 is 0 Å². The van der Waals surface area contributed by atoms with E-state index in [-0.39, 0.29) is 5.91 Å². The molecule has 4 fully saturated rings. The second-order valence-corrected chi connectivity index (χ2v) is 9.43. The van der Waals surface area contributed by atoms with E-state index in [1.807, 2.05) is 31.2 Å². The molecule has 1 unspecified atom stereocenters. The van der Waals surface area contributed by atoms with Gasteiger partial charge in [0.15, 0.2) is 0 Å². The molecular formula is C24H35NO3. The quantitative estimate of drug-likeness (QED) is 0.611. The lowest BCUT2D eigenvalue weighted by Gasteiger charge is -2.59. The van der Waals surface area contributed by atoms with Crippen molar-refractivity contribution in [2.75, 3.05) is 13.2 Å². The van der Waals surface area contributed by atoms with Crippen molar-refractivity contribution in [3.05, 3.63) is 24.3 Å². The number of rotatable bonds is 9. The fourth-order valence-electron chi connectivity index (χ4n) is 6.40. The first-order chi connectivity index (χ1) is 13.6. The Morgan fingerprint density at radius 2 is 1.57 bits per heavy atom. The normalized spacial score (nSPS) is 31.4. The van der Waals surface area contributed by atoms with Crippen LogP contribution in [-0.4, -0.2) is 25.2 Å². The molecule has 1 N–H and O–H groups in total. The molecule has 0 spiro atoms. The van der Waals surface area contributed by atoms with Crippen molar-refractivity contribution in [2.45, 2.75) is 71.3 Å². The van der Waals surface area contributed by atoms with Crippen molar-refractivity contribution >= 4 is 5.91 Å². The molecule has 1 amide bonds. The van der Waals surface area contributed by atoms with Crippen molar-refractivity contribution in [2.24, 2.45) is 23.2 Å². The molecule has 0 aromatic heterocycles. The molecule has 1 aromatic carbocycles. The van der Waals surface area contributed by atoms with Gasteiger partial charge in [0.05, 0.1) is 13.2 Å². The number of benzene rings is 1. The third kappa shape index (κ3) is 4.31. The lowest BCUT2D eigenvalue weighted by Crippen LogP contribution is -2.55. The van der Waals surface area contributed by atoms with Crippen LogP contribution in [-0.2, 0) is 4.79 Å². The molecule has 0 heterocycles. The summed E-state index contributed by atoms with van der Waals surface area (Å²) in [6.07, 6.45) is 9.62. The first-order valence-corrected chi connectivity index (χ1v) is 11.2. The standard InChI is InChI=1S/C24H35NO3/c1-3-27-21-6-8-22(9-7-21)28-10-4-5-23(26)25-17(2)24-14-18-11-19(15-24)13-20(12-18)16-24/h6-9,17-20H,3-5,10-16H2,1-2H3,(H,25,26). The van der Waals surface area contributed by atoms with E-state index in [0.717, 1.165) is 35.7 Å². The number of nitrogens with one attached hydrogen (secondary N) is 1. The predicted octanol–water partition coefficient (Wildman–Crippen LogP) is 4.97. The van der Waals surface area contributed by atoms with E-state index in [1.165, 1.54) is 38.5 Å². The Hall–Kier alpha value is -1.71. The highest BCUT2D eigenvalue weighted by Gasteiger charge is 2.53. The average molecular weight is 386 g/mol. The molecule has 1 aromatic rings. The SMILES string of the molecule is CCOc1ccc(OCCCC(=O)NC(C)C23CC4CC(CC(C4)C2)C3)cc1. The minimum absolute atomic E-state index is 0.179. The Bertz CT molecular complexity index is 634. The summed E-state index contributed by atoms with van der Waals surface area (Å²) in [5, 5.41) is 3.35. The summed E-state index contributed by atoms with van der Waals surface area (Å²) in [4.78, 5) is 12.5. The van der Waals surface area contributed by atoms with Crippen LogP contribution < -0.4 is 14.8 Å². The zero-order chi connectivity index (χ0) is 19.6. The number of amides is 1. The summed E-state index contributed by atoms with van der Waals surface area (Å²) < 4.78 is 11.2. The van der Waals surface area contributed by atoms with Crippen molar-refractivity contribution < 1.29 is 14.3 Å². The molecule has 0 aliphatic heterocycles. The smallest absolute Gasteiger partial charge is 0.220 e. The van der Waals surface area contributed by atoms with Crippen LogP contribution in [0.25, 0.3) is 0 Å². The second kappa shape index (κ2) is 8.34. The van der Waals surface area contributed by atoms with Crippen LogP contribution in [0.15, 0.2) is 24.3 Å². The summed E-state index contributed by atoms with van der Waals surface area (Å²) in [5.74, 6) is 4.63. The first kappa shape index (κ1) is 19.6. The maximum absolute atomic E-state index is 12.5. The first-order valence-electron chi connectivity index (χ1n) is 11.2. The third-order valence-corrected chi connectivity index (χ3v) is 7.33. The fourth-order valence-corrected chi connectivity index (χ4v) is 6.40. The number of hydrogen-bond donors (Lipinski definition) is 1. The Morgan fingerprint density at radius 3 is 2.11 bits per heavy atom. The van der Waals surface area contributed by atoms with E-state index >= 15 is 0 Å². The fraction of sp³-hybridized carbons (Fsp3) is 0.708. The molecule has 1 atom stereocenters. The number of carbonyl (C=O) groups is 1. The Labute approximate surface area is 169 Å². The molecule has 0 saturated heterocycles. The molecular weight excluding hydrogens is 350 g/mol. The van der Waals surface area contributed by atoms with Crippen molar-refractivity contribution in [1.29, 1.82) is 0 Å². The van der Waals surface area contributed by atoms with Crippen LogP contribution >= 0.6 is 0 Å². The van der Waals surface area contributed by atoms with Crippen LogP contribution in [0.4, 0.5) is 0 Å². The zero-order valence-electron chi connectivity index (χ0n) is 17.4. The molecule has 4 aliphatic carbocycles. The topological polar surface area (TPSA) is 47.6 Å². The van der Waals surface area contributed by atoms with E-state index in [4.69, 9.17) is 9.47 Å². The Morgan fingerprint density at radius 1 is 1.04 bits per heavy atom. The van der Waals surface area contributed by atoms with Gasteiger partial charge in [-0.05, 0) is 106 Å². The van der Waals surface area contributed by atoms with Crippen molar-refractivity contribution in [3.8, 4) is 11.5 Å². The van der Waals surface area contributed by atoms with E-state index < -0.39 is 0 Å². The zero-order valence-corrected chi connectivity index (χ0v) is 17.4. The maximum atomic E-state index is 12.5. The predicted molar refractivity (Wildman–Crippen MR) is 111 cm³/mol. The van der Waals surface area contributed by atoms with Crippen LogP contribution in [0.5, 0.6) is 11.5 Å². The van der Waals surface area contributed by atoms with Crippen LogP contribution in [0, 0.1) is 23.2 Å². The van der Waals surface area contributed by atoms with Crippen molar-refractivity contribution in [1.82, 2.24) is 5.32 Å². The molecule has 154 valence electrons. The monoisotopic (exact) mass is 385 g/mol. The van der Waals surface area contributed by atoms with E-state index in [0.29, 0.717) is 31.1 Å². The summed E-state index contributed by atoms with van der Waals surface area (Å²) in [6, 6.07) is 7.97. The van der Waals surface area contributed by atoms with Crippen LogP contribution in [0.1, 0.15) is 65.2 Å². The summed E-state index contributed by atoms with van der Waals surface area (Å²) in [6.45, 7) is 5.45. The highest BCUT2D eigenvalue weighted by atomic mass is 16.5. The van der Waals surface area contributed by atoms with Gasteiger partial charge in [-0.3, -0.25) is 4.79 Å². The van der Waals surface area contributed by atoms with E-state index in [1.54, 1.807) is 0 Å². The molecule has 4 nitrogen and oxygen atoms in total. The van der Waals surface area contributed by atoms with Gasteiger partial charge in [-0.2, -0.15) is 0 Å². The van der Waals surface area contributed by atoms with Gasteiger partial charge in [-0.15, -0.1) is 0 Å². The molecule has 4 saturated carbocycles. The largest absolute Gasteiger partial charge is 0.494 e. The molecule has 0 radical (unpaired) electrons.